The minimum Gasteiger partial charge on any atom is -0.433 e. The van der Waals surface area contributed by atoms with Crippen molar-refractivity contribution >= 4 is 16.8 Å². The highest BCUT2D eigenvalue weighted by atomic mass is 19.1. The Balaban J connectivity index is 2.22. The fourth-order valence-electron chi connectivity index (χ4n) is 3.16. The van der Waals surface area contributed by atoms with Crippen LogP contribution in [0.5, 0.6) is 5.88 Å². The molecule has 0 aliphatic heterocycles. The third-order valence-electron chi connectivity index (χ3n) is 5.04. The van der Waals surface area contributed by atoms with Crippen molar-refractivity contribution in [2.24, 2.45) is 5.92 Å². The van der Waals surface area contributed by atoms with Gasteiger partial charge in [-0.1, -0.05) is 64.7 Å². The fraction of sp³-hybridized carbons (Fsp3) is 0.462. The van der Waals surface area contributed by atoms with Crippen LogP contribution in [0.4, 0.5) is 8.78 Å². The molecule has 2 aromatic rings. The first-order valence-corrected chi connectivity index (χ1v) is 11.4. The maximum absolute atomic E-state index is 14.8. The lowest BCUT2D eigenvalue weighted by atomic mass is 10.1. The molecular formula is C26H34F2N2O2. The van der Waals surface area contributed by atoms with Crippen molar-refractivity contribution in [1.82, 2.24) is 10.3 Å². The number of hydrogen-bond acceptors (Lipinski definition) is 3. The van der Waals surface area contributed by atoms with E-state index < -0.39 is 17.5 Å². The molecular weight excluding hydrogens is 410 g/mol. The van der Waals surface area contributed by atoms with Crippen molar-refractivity contribution in [2.75, 3.05) is 6.54 Å². The average Bonchev–Trinajstić information content (AvgIpc) is 2.76. The molecule has 0 bridgehead atoms. The summed E-state index contributed by atoms with van der Waals surface area (Å²) in [5, 5.41) is 2.63. The van der Waals surface area contributed by atoms with E-state index >= 15 is 0 Å². The molecule has 1 aromatic heterocycles. The van der Waals surface area contributed by atoms with Crippen LogP contribution in [0.3, 0.4) is 0 Å². The van der Waals surface area contributed by atoms with Gasteiger partial charge in [-0.05, 0) is 43.9 Å². The van der Waals surface area contributed by atoms with Crippen molar-refractivity contribution in [3.63, 3.8) is 0 Å². The summed E-state index contributed by atoms with van der Waals surface area (Å²) in [5.41, 5.74) is 0.178. The van der Waals surface area contributed by atoms with Crippen LogP contribution >= 0.6 is 0 Å². The summed E-state index contributed by atoms with van der Waals surface area (Å²) in [7, 11) is 0. The SMILES string of the molecule is CCCCCCC/C=C\C=C(/Oc1nc2cccc(F)c2c(F)c1C)C(=O)NCC(C)C. The minimum absolute atomic E-state index is 0.0126. The first-order chi connectivity index (χ1) is 15.3. The Morgan fingerprint density at radius 2 is 1.94 bits per heavy atom. The van der Waals surface area contributed by atoms with E-state index in [0.717, 1.165) is 12.8 Å². The van der Waals surface area contributed by atoms with Crippen LogP contribution in [0.1, 0.15) is 64.9 Å². The molecule has 0 fully saturated rings. The standard InChI is InChI=1S/C26H34F2N2O2/c1-5-6-7-8-9-10-11-12-16-22(25(31)29-17-18(2)3)32-26-19(4)24(28)23-20(27)14-13-15-21(23)30-26/h11-16,18H,5-10,17H2,1-4H3,(H,29,31)/b12-11-,22-16-. The maximum atomic E-state index is 14.8. The number of carbonyl (C=O) groups is 1. The number of rotatable bonds is 12. The highest BCUT2D eigenvalue weighted by Gasteiger charge is 2.19. The number of allylic oxidation sites excluding steroid dienone is 3. The Bertz CT molecular complexity index is 968. The molecule has 0 atom stereocenters. The number of amides is 1. The van der Waals surface area contributed by atoms with Crippen molar-refractivity contribution in [3.05, 3.63) is 59.4 Å². The molecule has 6 heteroatoms. The summed E-state index contributed by atoms with van der Waals surface area (Å²) in [5.74, 6) is -1.62. The van der Waals surface area contributed by atoms with Crippen molar-refractivity contribution in [2.45, 2.75) is 66.2 Å². The Hall–Kier alpha value is -2.76. The number of hydrogen-bond donors (Lipinski definition) is 1. The number of unbranched alkanes of at least 4 members (excludes halogenated alkanes) is 5. The van der Waals surface area contributed by atoms with Gasteiger partial charge in [0.1, 0.15) is 11.6 Å². The quantitative estimate of drug-likeness (QED) is 0.170. The number of pyridine rings is 1. The van der Waals surface area contributed by atoms with E-state index in [4.69, 9.17) is 4.74 Å². The van der Waals surface area contributed by atoms with Crippen LogP contribution < -0.4 is 10.1 Å². The normalized spacial score (nSPS) is 12.2. The first-order valence-electron chi connectivity index (χ1n) is 11.4. The molecule has 1 aromatic carbocycles. The van der Waals surface area contributed by atoms with E-state index in [2.05, 4.69) is 17.2 Å². The lowest BCUT2D eigenvalue weighted by molar-refractivity contribution is -0.119. The monoisotopic (exact) mass is 444 g/mol. The molecule has 0 saturated carbocycles. The smallest absolute Gasteiger partial charge is 0.287 e. The zero-order valence-electron chi connectivity index (χ0n) is 19.5. The van der Waals surface area contributed by atoms with Gasteiger partial charge in [-0.25, -0.2) is 13.8 Å². The van der Waals surface area contributed by atoms with Gasteiger partial charge in [0.05, 0.1) is 10.9 Å². The van der Waals surface area contributed by atoms with E-state index in [0.29, 0.717) is 6.54 Å². The van der Waals surface area contributed by atoms with Gasteiger partial charge in [0.25, 0.3) is 5.91 Å². The Morgan fingerprint density at radius 1 is 1.19 bits per heavy atom. The third kappa shape index (κ3) is 7.43. The summed E-state index contributed by atoms with van der Waals surface area (Å²) in [6, 6.07) is 4.15. The van der Waals surface area contributed by atoms with E-state index in [-0.39, 0.29) is 34.0 Å². The van der Waals surface area contributed by atoms with Gasteiger partial charge in [0.2, 0.25) is 5.88 Å². The van der Waals surface area contributed by atoms with Gasteiger partial charge in [0, 0.05) is 12.1 Å². The minimum atomic E-state index is -0.743. The highest BCUT2D eigenvalue weighted by molar-refractivity contribution is 5.92. The number of nitrogens with one attached hydrogen (secondary N) is 1. The molecule has 0 saturated heterocycles. The predicted molar refractivity (Wildman–Crippen MR) is 125 cm³/mol. The maximum Gasteiger partial charge on any atom is 0.287 e. The zero-order chi connectivity index (χ0) is 23.5. The highest BCUT2D eigenvalue weighted by Crippen LogP contribution is 2.29. The van der Waals surface area contributed by atoms with E-state index in [9.17, 15) is 13.6 Å². The lowest BCUT2D eigenvalue weighted by Crippen LogP contribution is -2.30. The molecule has 1 heterocycles. The molecule has 0 unspecified atom stereocenters. The second-order valence-electron chi connectivity index (χ2n) is 8.36. The number of benzene rings is 1. The van der Waals surface area contributed by atoms with Crippen LogP contribution in [0.2, 0.25) is 0 Å². The van der Waals surface area contributed by atoms with Crippen molar-refractivity contribution < 1.29 is 18.3 Å². The second-order valence-corrected chi connectivity index (χ2v) is 8.36. The number of ether oxygens (including phenoxy) is 1. The summed E-state index contributed by atoms with van der Waals surface area (Å²) in [6.07, 6.45) is 12.2. The summed E-state index contributed by atoms with van der Waals surface area (Å²) in [4.78, 5) is 16.9. The van der Waals surface area contributed by atoms with E-state index in [1.54, 1.807) is 12.2 Å². The van der Waals surface area contributed by atoms with Crippen molar-refractivity contribution in [1.29, 1.82) is 0 Å². The van der Waals surface area contributed by atoms with Gasteiger partial charge in [-0.15, -0.1) is 0 Å². The molecule has 0 aliphatic carbocycles. The molecule has 4 nitrogen and oxygen atoms in total. The molecule has 0 radical (unpaired) electrons. The van der Waals surface area contributed by atoms with Gasteiger partial charge in [-0.2, -0.15) is 0 Å². The van der Waals surface area contributed by atoms with Crippen LogP contribution in [-0.2, 0) is 4.79 Å². The van der Waals surface area contributed by atoms with Crippen LogP contribution in [0.25, 0.3) is 10.9 Å². The molecule has 1 amide bonds. The molecule has 0 spiro atoms. The van der Waals surface area contributed by atoms with E-state index in [1.807, 2.05) is 19.9 Å². The van der Waals surface area contributed by atoms with Crippen LogP contribution in [0, 0.1) is 24.5 Å². The van der Waals surface area contributed by atoms with Gasteiger partial charge in [0.15, 0.2) is 5.76 Å². The molecule has 1 N–H and O–H groups in total. The number of fused-ring (bicyclic) bond motifs is 1. The topological polar surface area (TPSA) is 51.2 Å². The third-order valence-corrected chi connectivity index (χ3v) is 5.04. The van der Waals surface area contributed by atoms with E-state index in [1.165, 1.54) is 50.8 Å². The number of halogens is 2. The fourth-order valence-corrected chi connectivity index (χ4v) is 3.16. The Labute approximate surface area is 189 Å². The number of carbonyl (C=O) groups excluding carboxylic acids is 1. The summed E-state index contributed by atoms with van der Waals surface area (Å²) in [6.45, 7) is 8.10. The predicted octanol–water partition coefficient (Wildman–Crippen LogP) is 6.77. The van der Waals surface area contributed by atoms with Gasteiger partial charge < -0.3 is 10.1 Å². The van der Waals surface area contributed by atoms with Gasteiger partial charge >= 0.3 is 0 Å². The second kappa shape index (κ2) is 12.9. The molecule has 32 heavy (non-hydrogen) atoms. The zero-order valence-corrected chi connectivity index (χ0v) is 19.5. The Morgan fingerprint density at radius 3 is 2.66 bits per heavy atom. The van der Waals surface area contributed by atoms with Crippen molar-refractivity contribution in [3.8, 4) is 5.88 Å². The molecule has 174 valence electrons. The van der Waals surface area contributed by atoms with Gasteiger partial charge in [-0.3, -0.25) is 4.79 Å². The van der Waals surface area contributed by atoms with Crippen LogP contribution in [-0.4, -0.2) is 17.4 Å². The average molecular weight is 445 g/mol. The Kier molecular flexibility index (Phi) is 10.3. The van der Waals surface area contributed by atoms with Crippen LogP contribution in [0.15, 0.2) is 42.2 Å². The summed E-state index contributed by atoms with van der Waals surface area (Å²) >= 11 is 0. The largest absolute Gasteiger partial charge is 0.433 e. The molecule has 2 rings (SSSR count). The molecule has 0 aliphatic rings. The lowest BCUT2D eigenvalue weighted by Gasteiger charge is -2.14. The first kappa shape index (κ1) is 25.5. The number of aromatic nitrogens is 1. The summed E-state index contributed by atoms with van der Waals surface area (Å²) < 4.78 is 34.6. The number of nitrogens with zero attached hydrogens (tertiary/aromatic N) is 1.